The molecule has 0 radical (unpaired) electrons. The summed E-state index contributed by atoms with van der Waals surface area (Å²) in [6, 6.07) is 19.7. The monoisotopic (exact) mass is 769 g/mol. The third kappa shape index (κ3) is 11.7. The van der Waals surface area contributed by atoms with Crippen molar-refractivity contribution in [2.75, 3.05) is 14.2 Å². The van der Waals surface area contributed by atoms with Gasteiger partial charge in [0, 0.05) is 12.1 Å². The molecule has 0 unspecified atom stereocenters. The second-order valence-corrected chi connectivity index (χ2v) is 12.7. The number of hydrogen-bond donors (Lipinski definition) is 2. The average molecular weight is 770 g/mol. The zero-order chi connectivity index (χ0) is 35.2. The predicted molar refractivity (Wildman–Crippen MR) is 172 cm³/mol. The summed E-state index contributed by atoms with van der Waals surface area (Å²) in [6.07, 6.45) is 0. The zero-order valence-corrected chi connectivity index (χ0v) is 33.6. The molecule has 1 heterocycles. The molecule has 0 aliphatic heterocycles. The molecular weight excluding hydrogens is 748 g/mol. The second-order valence-electron chi connectivity index (χ2n) is 9.56. The molecule has 0 aliphatic carbocycles. The van der Waals surface area contributed by atoms with Gasteiger partial charge in [-0.2, -0.15) is 25.4 Å². The van der Waals surface area contributed by atoms with E-state index in [2.05, 4.69) is 45.4 Å². The van der Waals surface area contributed by atoms with E-state index >= 15 is 0 Å². The first-order chi connectivity index (χ1) is 23.3. The van der Waals surface area contributed by atoms with Crippen LogP contribution >= 0.6 is 11.6 Å². The minimum absolute atomic E-state index is 0. The van der Waals surface area contributed by atoms with E-state index in [0.717, 1.165) is 12.1 Å². The van der Waals surface area contributed by atoms with Gasteiger partial charge in [0.2, 0.25) is 16.5 Å². The summed E-state index contributed by atoms with van der Waals surface area (Å²) in [5.74, 6) is 0.589. The van der Waals surface area contributed by atoms with Crippen LogP contribution in [0.4, 0.5) is 34.1 Å². The summed E-state index contributed by atoms with van der Waals surface area (Å²) >= 11 is 6.22. The van der Waals surface area contributed by atoms with Crippen LogP contribution in [0.2, 0.25) is 5.28 Å². The van der Waals surface area contributed by atoms with E-state index in [1.54, 1.807) is 24.3 Å². The van der Waals surface area contributed by atoms with Gasteiger partial charge in [0.15, 0.2) is 0 Å². The van der Waals surface area contributed by atoms with Crippen LogP contribution in [0, 0.1) is 0 Å². The molecule has 51 heavy (non-hydrogen) atoms. The van der Waals surface area contributed by atoms with Crippen LogP contribution in [0.5, 0.6) is 11.5 Å². The second kappa shape index (κ2) is 18.2. The van der Waals surface area contributed by atoms with Gasteiger partial charge >= 0.3 is 59.1 Å². The molecular formula is C29H22ClN9Na2O8S2. The molecule has 0 amide bonds. The van der Waals surface area contributed by atoms with Crippen LogP contribution < -0.4 is 79.8 Å². The van der Waals surface area contributed by atoms with Crippen molar-refractivity contribution in [3.63, 3.8) is 0 Å². The molecule has 0 fully saturated rings. The van der Waals surface area contributed by atoms with Crippen molar-refractivity contribution in [1.82, 2.24) is 15.0 Å². The molecule has 0 aliphatic rings. The predicted octanol–water partition coefficient (Wildman–Crippen LogP) is -0.480. The van der Waals surface area contributed by atoms with Crippen LogP contribution in [-0.4, -0.2) is 55.1 Å². The van der Waals surface area contributed by atoms with Gasteiger partial charge in [-0.1, -0.05) is 12.1 Å². The third-order valence-corrected chi connectivity index (χ3v) is 8.06. The topological polar surface area (TPSA) is 251 Å². The Balaban J connectivity index is 0.00000351. The Morgan fingerprint density at radius 2 is 1.06 bits per heavy atom. The fraction of sp³-hybridized carbons (Fsp3) is 0.0690. The molecule has 0 spiro atoms. The number of azo groups is 2. The molecule has 2 N–H and O–H groups in total. The van der Waals surface area contributed by atoms with E-state index in [4.69, 9.17) is 21.1 Å². The summed E-state index contributed by atoms with van der Waals surface area (Å²) < 4.78 is 78.6. The zero-order valence-electron chi connectivity index (χ0n) is 27.2. The van der Waals surface area contributed by atoms with Gasteiger partial charge in [-0.3, -0.25) is 4.98 Å². The first kappa shape index (κ1) is 41.8. The van der Waals surface area contributed by atoms with Crippen LogP contribution in [0.1, 0.15) is 0 Å². The maximum atomic E-state index is 11.3. The van der Waals surface area contributed by atoms with E-state index in [9.17, 15) is 25.9 Å². The Morgan fingerprint density at radius 3 is 1.49 bits per heavy atom. The number of ether oxygens (including phenoxy) is 2. The quantitative estimate of drug-likeness (QED) is 0.106. The van der Waals surface area contributed by atoms with E-state index in [1.807, 2.05) is 0 Å². The molecule has 0 bridgehead atoms. The Hall–Kier alpha value is -3.60. The summed E-state index contributed by atoms with van der Waals surface area (Å²) in [4.78, 5) is 17.9. The van der Waals surface area contributed by atoms with E-state index in [1.165, 1.54) is 62.8 Å². The number of nitrogens with one attached hydrogen (secondary N) is 2. The SMILES string of the molecule is COc1cc(N=Nc2cccc(S(=O)(=O)[O-])c2)ccc1N=c1nc(Cl)[nH]c(=Nc2ccc(N=Nc3cccc(S(=O)(=O)[O-])c3)cc2OC)[nH]1.[Na+].[Na+]. The van der Waals surface area contributed by atoms with Crippen LogP contribution in [0.25, 0.3) is 0 Å². The Morgan fingerprint density at radius 1 is 0.627 bits per heavy atom. The van der Waals surface area contributed by atoms with Crippen molar-refractivity contribution in [1.29, 1.82) is 0 Å². The molecule has 22 heteroatoms. The van der Waals surface area contributed by atoms with E-state index in [0.29, 0.717) is 28.5 Å². The number of nitrogens with zero attached hydrogens (tertiary/aromatic N) is 7. The molecule has 0 saturated carbocycles. The van der Waals surface area contributed by atoms with Crippen LogP contribution in [-0.2, 0) is 20.2 Å². The Labute approximate surface area is 339 Å². The smallest absolute Gasteiger partial charge is 0.744 e. The molecule has 1 aromatic heterocycles. The number of benzene rings is 4. The van der Waals surface area contributed by atoms with Crippen LogP contribution in [0.3, 0.4) is 0 Å². The number of hydrogen-bond acceptors (Lipinski definition) is 15. The maximum Gasteiger partial charge on any atom is 1.00 e. The van der Waals surface area contributed by atoms with Crippen molar-refractivity contribution in [2.24, 2.45) is 30.4 Å². The summed E-state index contributed by atoms with van der Waals surface area (Å²) in [5.41, 5.74) is 1.91. The third-order valence-electron chi connectivity index (χ3n) is 6.22. The van der Waals surface area contributed by atoms with Crippen molar-refractivity contribution in [3.8, 4) is 11.5 Å². The van der Waals surface area contributed by atoms with Crippen molar-refractivity contribution < 1.29 is 94.5 Å². The van der Waals surface area contributed by atoms with Crippen molar-refractivity contribution in [3.05, 3.63) is 101 Å². The molecule has 5 aromatic rings. The minimum Gasteiger partial charge on any atom is -0.744 e. The molecule has 252 valence electrons. The number of halogens is 1. The van der Waals surface area contributed by atoms with Gasteiger partial charge in [0.1, 0.15) is 43.1 Å². The van der Waals surface area contributed by atoms with Gasteiger partial charge in [-0.15, -0.1) is 0 Å². The normalized spacial score (nSPS) is 12.5. The number of rotatable bonds is 10. The molecule has 5 rings (SSSR count). The summed E-state index contributed by atoms with van der Waals surface area (Å²) in [5, 5.41) is 16.1. The molecule has 0 atom stereocenters. The van der Waals surface area contributed by atoms with Crippen LogP contribution in [0.15, 0.2) is 125 Å². The number of H-pyrrole nitrogens is 2. The average Bonchev–Trinajstić information content (AvgIpc) is 3.06. The molecule has 0 saturated heterocycles. The first-order valence-electron chi connectivity index (χ1n) is 13.6. The van der Waals surface area contributed by atoms with Crippen molar-refractivity contribution >= 4 is 66.0 Å². The van der Waals surface area contributed by atoms with Gasteiger partial charge in [0.25, 0.3) is 0 Å². The molecule has 4 aromatic carbocycles. The number of methoxy groups -OCH3 is 2. The fourth-order valence-electron chi connectivity index (χ4n) is 4.00. The van der Waals surface area contributed by atoms with Gasteiger partial charge in [-0.25, -0.2) is 26.8 Å². The maximum absolute atomic E-state index is 11.3. The summed E-state index contributed by atoms with van der Waals surface area (Å²) in [6.45, 7) is 0. The van der Waals surface area contributed by atoms with Gasteiger partial charge in [-0.05, 0) is 72.3 Å². The number of aromatic amines is 2. The Kier molecular flexibility index (Phi) is 15.0. The summed E-state index contributed by atoms with van der Waals surface area (Å²) in [7, 11) is -6.44. The first-order valence-corrected chi connectivity index (χ1v) is 16.8. The number of aromatic nitrogens is 3. The van der Waals surface area contributed by atoms with Gasteiger partial charge < -0.3 is 23.6 Å². The Bertz CT molecular complexity index is 2310. The largest absolute Gasteiger partial charge is 1.00 e. The van der Waals surface area contributed by atoms with E-state index in [-0.39, 0.29) is 92.8 Å². The standard InChI is InChI=1S/C29H24ClN9O8S2.2Na/c1-46-25-15-19(38-36-17-5-3-7-21(13-17)48(40,41)42)9-11-23(25)31-28-33-27(30)34-29(35-28)32-24-12-10-20(16-26(24)47-2)39-37-18-6-4-8-22(14-18)49(43,44)45;;/h3-16H,1-2H3,(H,40,41,42)(H,43,44,45)(H2,31,32,33,34,35);;/q;2*+1/p-2. The van der Waals surface area contributed by atoms with Crippen molar-refractivity contribution in [2.45, 2.75) is 9.79 Å². The fourth-order valence-corrected chi connectivity index (χ4v) is 5.19. The van der Waals surface area contributed by atoms with Gasteiger partial charge in [0.05, 0.1) is 46.8 Å². The minimum atomic E-state index is -4.65. The van der Waals surface area contributed by atoms with E-state index < -0.39 is 30.0 Å². The molecule has 17 nitrogen and oxygen atoms in total.